The molecule has 0 saturated carbocycles. The second-order valence-electron chi connectivity index (χ2n) is 3.86. The highest BCUT2D eigenvalue weighted by atomic mass is 35.5. The van der Waals surface area contributed by atoms with Gasteiger partial charge in [-0.05, 0) is 35.6 Å². The van der Waals surface area contributed by atoms with Crippen molar-refractivity contribution in [1.82, 2.24) is 0 Å². The van der Waals surface area contributed by atoms with Gasteiger partial charge in [0.15, 0.2) is 0 Å². The average molecular weight is 271 g/mol. The Bertz CT molecular complexity index is 524. The zero-order valence-corrected chi connectivity index (χ0v) is 10.9. The lowest BCUT2D eigenvalue weighted by Gasteiger charge is -2.11. The maximum absolute atomic E-state index is 13.7. The first-order valence-electron chi connectivity index (χ1n) is 5.24. The van der Waals surface area contributed by atoms with Gasteiger partial charge in [-0.15, -0.1) is 11.3 Å². The number of benzene rings is 1. The first-order valence-corrected chi connectivity index (χ1v) is 6.50. The van der Waals surface area contributed by atoms with Gasteiger partial charge in [0.1, 0.15) is 5.82 Å². The molecule has 1 unspecified atom stereocenters. The molecular weight excluding hydrogens is 259 g/mol. The van der Waals surface area contributed by atoms with E-state index in [0.29, 0.717) is 5.56 Å². The summed E-state index contributed by atoms with van der Waals surface area (Å²) in [6.45, 7) is 1.94. The van der Waals surface area contributed by atoms with E-state index in [0.717, 1.165) is 10.4 Å². The fraction of sp³-hybridized carbons (Fsp3) is 0.231. The molecule has 4 heteroatoms. The summed E-state index contributed by atoms with van der Waals surface area (Å²) in [5.41, 5.74) is 1.30. The first kappa shape index (κ1) is 12.6. The lowest BCUT2D eigenvalue weighted by molar-refractivity contribution is 0.177. The predicted molar refractivity (Wildman–Crippen MR) is 69.1 cm³/mol. The van der Waals surface area contributed by atoms with Gasteiger partial charge in [-0.3, -0.25) is 0 Å². The highest BCUT2D eigenvalue weighted by Gasteiger charge is 2.15. The molecular formula is C13H12ClFOS. The molecule has 0 aliphatic rings. The molecule has 1 aromatic heterocycles. The molecule has 17 heavy (non-hydrogen) atoms. The molecule has 1 atom stereocenters. The third-order valence-corrected chi connectivity index (χ3v) is 3.86. The largest absolute Gasteiger partial charge is 0.388 e. The molecule has 0 aliphatic carbocycles. The molecule has 2 rings (SSSR count). The Labute approximate surface area is 108 Å². The van der Waals surface area contributed by atoms with Gasteiger partial charge in [0.2, 0.25) is 0 Å². The highest BCUT2D eigenvalue weighted by molar-refractivity contribution is 7.10. The summed E-state index contributed by atoms with van der Waals surface area (Å²) < 4.78 is 13.7. The molecule has 0 amide bonds. The molecule has 0 radical (unpaired) electrons. The van der Waals surface area contributed by atoms with E-state index in [1.165, 1.54) is 6.07 Å². The van der Waals surface area contributed by atoms with Crippen molar-refractivity contribution in [2.24, 2.45) is 0 Å². The summed E-state index contributed by atoms with van der Waals surface area (Å²) in [7, 11) is 0. The van der Waals surface area contributed by atoms with Crippen molar-refractivity contribution in [3.05, 3.63) is 56.5 Å². The van der Waals surface area contributed by atoms with Crippen molar-refractivity contribution in [2.75, 3.05) is 0 Å². The van der Waals surface area contributed by atoms with E-state index >= 15 is 0 Å². The predicted octanol–water partition coefficient (Wildman–Crippen LogP) is 4.13. The van der Waals surface area contributed by atoms with Gasteiger partial charge in [-0.25, -0.2) is 4.39 Å². The summed E-state index contributed by atoms with van der Waals surface area (Å²) in [6, 6.07) is 6.70. The van der Waals surface area contributed by atoms with Gasteiger partial charge in [0, 0.05) is 11.3 Å². The topological polar surface area (TPSA) is 20.2 Å². The molecule has 1 heterocycles. The van der Waals surface area contributed by atoms with E-state index < -0.39 is 11.9 Å². The van der Waals surface area contributed by atoms with Crippen LogP contribution in [0.2, 0.25) is 5.02 Å². The molecule has 90 valence electrons. The first-order chi connectivity index (χ1) is 8.09. The van der Waals surface area contributed by atoms with Crippen LogP contribution < -0.4 is 0 Å². The molecule has 0 fully saturated rings. The number of aliphatic hydroxyl groups excluding tert-OH is 1. The SMILES string of the molecule is Cc1sccc1C(O)Cc1cccc(Cl)c1F. The Morgan fingerprint density at radius 1 is 1.41 bits per heavy atom. The van der Waals surface area contributed by atoms with Gasteiger partial charge in [0.25, 0.3) is 0 Å². The van der Waals surface area contributed by atoms with E-state index in [2.05, 4.69) is 0 Å². The van der Waals surface area contributed by atoms with E-state index in [9.17, 15) is 9.50 Å². The Morgan fingerprint density at radius 3 is 2.82 bits per heavy atom. The van der Waals surface area contributed by atoms with E-state index in [1.807, 2.05) is 18.4 Å². The molecule has 0 aliphatic heterocycles. The summed E-state index contributed by atoms with van der Waals surface area (Å²) in [5, 5.41) is 12.1. The highest BCUT2D eigenvalue weighted by Crippen LogP contribution is 2.27. The Hall–Kier alpha value is -0.900. The molecule has 0 bridgehead atoms. The molecule has 1 N–H and O–H groups in total. The lowest BCUT2D eigenvalue weighted by Crippen LogP contribution is -2.03. The van der Waals surface area contributed by atoms with Gasteiger partial charge < -0.3 is 5.11 Å². The Balaban J connectivity index is 2.22. The second-order valence-corrected chi connectivity index (χ2v) is 5.39. The number of thiophene rings is 1. The van der Waals surface area contributed by atoms with Crippen molar-refractivity contribution < 1.29 is 9.50 Å². The molecule has 1 nitrogen and oxygen atoms in total. The van der Waals surface area contributed by atoms with Crippen LogP contribution in [0.4, 0.5) is 4.39 Å². The third kappa shape index (κ3) is 2.68. The molecule has 2 aromatic rings. The molecule has 0 saturated heterocycles. The van der Waals surface area contributed by atoms with Gasteiger partial charge in [0.05, 0.1) is 11.1 Å². The number of hydrogen-bond acceptors (Lipinski definition) is 2. The number of hydrogen-bond donors (Lipinski definition) is 1. The minimum Gasteiger partial charge on any atom is -0.388 e. The van der Waals surface area contributed by atoms with Crippen molar-refractivity contribution in [3.8, 4) is 0 Å². The quantitative estimate of drug-likeness (QED) is 0.889. The minimum absolute atomic E-state index is 0.0942. The maximum atomic E-state index is 13.7. The second kappa shape index (κ2) is 5.17. The van der Waals surface area contributed by atoms with Crippen molar-refractivity contribution >= 4 is 22.9 Å². The maximum Gasteiger partial charge on any atom is 0.145 e. The fourth-order valence-corrected chi connectivity index (χ4v) is 2.72. The smallest absolute Gasteiger partial charge is 0.145 e. The third-order valence-electron chi connectivity index (χ3n) is 2.70. The van der Waals surface area contributed by atoms with Crippen LogP contribution in [0.25, 0.3) is 0 Å². The van der Waals surface area contributed by atoms with Gasteiger partial charge in [-0.2, -0.15) is 0 Å². The number of aryl methyl sites for hydroxylation is 1. The number of halogens is 2. The van der Waals surface area contributed by atoms with E-state index in [4.69, 9.17) is 11.6 Å². The summed E-state index contributed by atoms with van der Waals surface area (Å²) in [6.07, 6.45) is -0.446. The molecule has 0 spiro atoms. The molecule has 1 aromatic carbocycles. The van der Waals surface area contributed by atoms with Crippen LogP contribution in [0.1, 0.15) is 22.1 Å². The summed E-state index contributed by atoms with van der Waals surface area (Å²) >= 11 is 7.27. The van der Waals surface area contributed by atoms with Crippen LogP contribution in [0.5, 0.6) is 0 Å². The van der Waals surface area contributed by atoms with Crippen LogP contribution in [-0.4, -0.2) is 5.11 Å². The normalized spacial score (nSPS) is 12.7. The van der Waals surface area contributed by atoms with Gasteiger partial charge >= 0.3 is 0 Å². The fourth-order valence-electron chi connectivity index (χ4n) is 1.76. The zero-order chi connectivity index (χ0) is 12.4. The van der Waals surface area contributed by atoms with Gasteiger partial charge in [-0.1, -0.05) is 23.7 Å². The summed E-state index contributed by atoms with van der Waals surface area (Å²) in [4.78, 5) is 1.06. The monoisotopic (exact) mass is 270 g/mol. The number of aliphatic hydroxyl groups is 1. The van der Waals surface area contributed by atoms with Crippen molar-refractivity contribution in [1.29, 1.82) is 0 Å². The zero-order valence-electron chi connectivity index (χ0n) is 9.28. The van der Waals surface area contributed by atoms with Crippen LogP contribution >= 0.6 is 22.9 Å². The Kier molecular flexibility index (Phi) is 3.82. The van der Waals surface area contributed by atoms with E-state index in [1.54, 1.807) is 23.5 Å². The van der Waals surface area contributed by atoms with Crippen molar-refractivity contribution in [2.45, 2.75) is 19.4 Å². The van der Waals surface area contributed by atoms with E-state index in [-0.39, 0.29) is 11.4 Å². The van der Waals surface area contributed by atoms with Crippen LogP contribution in [0.15, 0.2) is 29.6 Å². The minimum atomic E-state index is -0.686. The summed E-state index contributed by atoms with van der Waals surface area (Å²) in [5.74, 6) is -0.443. The lowest BCUT2D eigenvalue weighted by atomic mass is 10.0. The Morgan fingerprint density at radius 2 is 2.18 bits per heavy atom. The van der Waals surface area contributed by atoms with Crippen molar-refractivity contribution in [3.63, 3.8) is 0 Å². The average Bonchev–Trinajstić information content (AvgIpc) is 2.71. The number of rotatable bonds is 3. The van der Waals surface area contributed by atoms with Crippen LogP contribution in [0.3, 0.4) is 0 Å². The van der Waals surface area contributed by atoms with Crippen LogP contribution in [0, 0.1) is 12.7 Å². The standard InChI is InChI=1S/C13H12ClFOS/c1-8-10(5-6-17-8)12(16)7-9-3-2-4-11(14)13(9)15/h2-6,12,16H,7H2,1H3. The van der Waals surface area contributed by atoms with Crippen LogP contribution in [-0.2, 0) is 6.42 Å².